The highest BCUT2D eigenvalue weighted by molar-refractivity contribution is 7.15. The van der Waals surface area contributed by atoms with Gasteiger partial charge in [0.15, 0.2) is 0 Å². The molecule has 0 spiro atoms. The molecule has 23 heavy (non-hydrogen) atoms. The van der Waals surface area contributed by atoms with Crippen molar-refractivity contribution in [3.63, 3.8) is 0 Å². The lowest BCUT2D eigenvalue weighted by Crippen LogP contribution is -2.20. The monoisotopic (exact) mass is 338 g/mol. The Bertz CT molecular complexity index is 723. The number of nitrogens with one attached hydrogen (secondary N) is 1. The molecular weight excluding hydrogens is 320 g/mol. The molecule has 1 amide bonds. The van der Waals surface area contributed by atoms with Crippen molar-refractivity contribution < 1.29 is 9.72 Å². The Morgan fingerprint density at radius 1 is 1.39 bits per heavy atom. The lowest BCUT2D eigenvalue weighted by atomic mass is 10.3. The van der Waals surface area contributed by atoms with Crippen molar-refractivity contribution in [3.8, 4) is 0 Å². The van der Waals surface area contributed by atoms with Gasteiger partial charge in [0.25, 0.3) is 0 Å². The van der Waals surface area contributed by atoms with Crippen LogP contribution in [0.2, 0.25) is 0 Å². The fourth-order valence-electron chi connectivity index (χ4n) is 2.13. The van der Waals surface area contributed by atoms with Crippen LogP contribution in [0.15, 0.2) is 0 Å². The summed E-state index contributed by atoms with van der Waals surface area (Å²) in [5.41, 5.74) is 0.581. The second-order valence-electron chi connectivity index (χ2n) is 5.09. The zero-order valence-corrected chi connectivity index (χ0v) is 14.0. The number of carbonyl (C=O) groups excluding carboxylic acids is 1. The van der Waals surface area contributed by atoms with Gasteiger partial charge in [-0.25, -0.2) is 0 Å². The normalized spacial score (nSPS) is 10.7. The van der Waals surface area contributed by atoms with Crippen molar-refractivity contribution in [2.75, 3.05) is 5.32 Å². The van der Waals surface area contributed by atoms with Crippen LogP contribution < -0.4 is 5.32 Å². The summed E-state index contributed by atoms with van der Waals surface area (Å²) in [4.78, 5) is 22.5. The van der Waals surface area contributed by atoms with Gasteiger partial charge in [-0.2, -0.15) is 5.10 Å². The van der Waals surface area contributed by atoms with E-state index >= 15 is 0 Å². The molecule has 0 saturated carbocycles. The standard InChI is InChI=1S/C13H18N6O3S/c1-4-5-6-11-15-16-13(23-11)14-10(20)7-18-9(3)12(19(21)22)8(2)17-18/h4-7H2,1-3H3,(H,14,16,20). The minimum atomic E-state index is -0.489. The van der Waals surface area contributed by atoms with E-state index in [0.29, 0.717) is 10.8 Å². The van der Waals surface area contributed by atoms with Gasteiger partial charge < -0.3 is 0 Å². The third-order valence-electron chi connectivity index (χ3n) is 3.28. The highest BCUT2D eigenvalue weighted by Crippen LogP contribution is 2.22. The Morgan fingerprint density at radius 2 is 2.13 bits per heavy atom. The Kier molecular flexibility index (Phi) is 5.37. The van der Waals surface area contributed by atoms with Crippen molar-refractivity contribution in [1.82, 2.24) is 20.0 Å². The number of carbonyl (C=O) groups is 1. The van der Waals surface area contributed by atoms with E-state index in [1.165, 1.54) is 16.0 Å². The summed E-state index contributed by atoms with van der Waals surface area (Å²) in [6.07, 6.45) is 2.93. The van der Waals surface area contributed by atoms with E-state index in [0.717, 1.165) is 24.3 Å². The number of hydrogen-bond donors (Lipinski definition) is 1. The van der Waals surface area contributed by atoms with Crippen molar-refractivity contribution >= 4 is 28.1 Å². The quantitative estimate of drug-likeness (QED) is 0.611. The smallest absolute Gasteiger partial charge is 0.299 e. The summed E-state index contributed by atoms with van der Waals surface area (Å²) in [5.74, 6) is -0.344. The maximum atomic E-state index is 12.0. The van der Waals surface area contributed by atoms with Crippen LogP contribution in [0.25, 0.3) is 0 Å². The molecule has 2 heterocycles. The van der Waals surface area contributed by atoms with E-state index in [4.69, 9.17) is 0 Å². The first kappa shape index (κ1) is 17.0. The number of aromatic nitrogens is 4. The third kappa shape index (κ3) is 4.09. The van der Waals surface area contributed by atoms with Crippen LogP contribution in [0.1, 0.15) is 36.2 Å². The van der Waals surface area contributed by atoms with Gasteiger partial charge in [0.1, 0.15) is 22.9 Å². The van der Waals surface area contributed by atoms with Crippen molar-refractivity contribution in [3.05, 3.63) is 26.5 Å². The minimum absolute atomic E-state index is 0.0597. The molecule has 0 atom stereocenters. The molecule has 2 aromatic heterocycles. The van der Waals surface area contributed by atoms with E-state index in [1.807, 2.05) is 0 Å². The number of rotatable bonds is 7. The van der Waals surface area contributed by atoms with Gasteiger partial charge in [0, 0.05) is 6.42 Å². The first-order valence-electron chi connectivity index (χ1n) is 7.23. The van der Waals surface area contributed by atoms with Crippen LogP contribution in [0.4, 0.5) is 10.8 Å². The molecule has 9 nitrogen and oxygen atoms in total. The SMILES string of the molecule is CCCCc1nnc(NC(=O)Cn2nc(C)c([N+](=O)[O-])c2C)s1. The van der Waals surface area contributed by atoms with E-state index in [9.17, 15) is 14.9 Å². The van der Waals surface area contributed by atoms with E-state index in [2.05, 4.69) is 27.5 Å². The molecule has 10 heteroatoms. The lowest BCUT2D eigenvalue weighted by Gasteiger charge is -2.03. The molecule has 0 aliphatic rings. The van der Waals surface area contributed by atoms with Crippen LogP contribution in [-0.2, 0) is 17.8 Å². The molecule has 0 saturated heterocycles. The summed E-state index contributed by atoms with van der Waals surface area (Å²) < 4.78 is 1.32. The number of hydrogen-bond acceptors (Lipinski definition) is 7. The summed E-state index contributed by atoms with van der Waals surface area (Å²) in [6, 6.07) is 0. The number of amides is 1. The molecule has 0 bridgehead atoms. The van der Waals surface area contributed by atoms with Gasteiger partial charge in [0.2, 0.25) is 11.0 Å². The molecule has 0 unspecified atom stereocenters. The first-order valence-corrected chi connectivity index (χ1v) is 8.04. The van der Waals surface area contributed by atoms with Crippen molar-refractivity contribution in [1.29, 1.82) is 0 Å². The predicted molar refractivity (Wildman–Crippen MR) is 85.5 cm³/mol. The summed E-state index contributed by atoms with van der Waals surface area (Å²) in [5, 5.41) is 26.9. The summed E-state index contributed by atoms with van der Waals surface area (Å²) in [6.45, 7) is 5.10. The number of anilines is 1. The Morgan fingerprint density at radius 3 is 2.74 bits per heavy atom. The maximum absolute atomic E-state index is 12.0. The molecule has 0 aliphatic carbocycles. The molecule has 0 aliphatic heterocycles. The largest absolute Gasteiger partial charge is 0.312 e. The van der Waals surface area contributed by atoms with Gasteiger partial charge in [-0.05, 0) is 20.3 Å². The predicted octanol–water partition coefficient (Wildman–Crippen LogP) is 2.24. The molecule has 0 fully saturated rings. The second-order valence-corrected chi connectivity index (χ2v) is 6.15. The first-order chi connectivity index (χ1) is 10.9. The fourth-order valence-corrected chi connectivity index (χ4v) is 2.93. The fraction of sp³-hybridized carbons (Fsp3) is 0.538. The molecule has 124 valence electrons. The van der Waals surface area contributed by atoms with E-state index < -0.39 is 4.92 Å². The van der Waals surface area contributed by atoms with Crippen LogP contribution in [0.3, 0.4) is 0 Å². The molecule has 0 radical (unpaired) electrons. The van der Waals surface area contributed by atoms with Crippen LogP contribution >= 0.6 is 11.3 Å². The average molecular weight is 338 g/mol. The van der Waals surface area contributed by atoms with Crippen molar-refractivity contribution in [2.24, 2.45) is 0 Å². The zero-order valence-electron chi connectivity index (χ0n) is 13.2. The van der Waals surface area contributed by atoms with Gasteiger partial charge >= 0.3 is 5.69 Å². The topological polar surface area (TPSA) is 116 Å². The van der Waals surface area contributed by atoms with Crippen LogP contribution in [-0.4, -0.2) is 30.8 Å². The van der Waals surface area contributed by atoms with E-state index in [-0.39, 0.29) is 23.8 Å². The average Bonchev–Trinajstić information content (AvgIpc) is 3.01. The Labute approximate surface area is 136 Å². The number of aryl methyl sites for hydroxylation is 2. The highest BCUT2D eigenvalue weighted by atomic mass is 32.1. The Hall–Kier alpha value is -2.36. The second kappa shape index (κ2) is 7.27. The molecular formula is C13H18N6O3S. The van der Waals surface area contributed by atoms with Gasteiger partial charge in [-0.1, -0.05) is 24.7 Å². The van der Waals surface area contributed by atoms with Gasteiger partial charge in [0.05, 0.1) is 4.92 Å². The van der Waals surface area contributed by atoms with Crippen LogP contribution in [0, 0.1) is 24.0 Å². The number of unbranched alkanes of at least 4 members (excludes halogenated alkanes) is 1. The zero-order chi connectivity index (χ0) is 17.0. The summed E-state index contributed by atoms with van der Waals surface area (Å²) >= 11 is 1.34. The maximum Gasteiger partial charge on any atom is 0.312 e. The minimum Gasteiger partial charge on any atom is -0.299 e. The molecule has 2 rings (SSSR count). The van der Waals surface area contributed by atoms with Crippen LogP contribution in [0.5, 0.6) is 0 Å². The third-order valence-corrected chi connectivity index (χ3v) is 4.18. The number of nitrogens with zero attached hydrogens (tertiary/aromatic N) is 5. The lowest BCUT2D eigenvalue weighted by molar-refractivity contribution is -0.386. The Balaban J connectivity index is 2.01. The molecule has 0 aromatic carbocycles. The van der Waals surface area contributed by atoms with Crippen molar-refractivity contribution in [2.45, 2.75) is 46.6 Å². The van der Waals surface area contributed by atoms with Gasteiger partial charge in [-0.3, -0.25) is 24.9 Å². The van der Waals surface area contributed by atoms with E-state index in [1.54, 1.807) is 13.8 Å². The van der Waals surface area contributed by atoms with Gasteiger partial charge in [-0.15, -0.1) is 10.2 Å². The highest BCUT2D eigenvalue weighted by Gasteiger charge is 2.23. The summed E-state index contributed by atoms with van der Waals surface area (Å²) in [7, 11) is 0. The number of nitro groups is 1. The molecule has 2 aromatic rings. The molecule has 1 N–H and O–H groups in total.